The van der Waals surface area contributed by atoms with Crippen LogP contribution in [0.15, 0.2) is 36.9 Å². The van der Waals surface area contributed by atoms with Crippen LogP contribution in [0.2, 0.25) is 0 Å². The Morgan fingerprint density at radius 1 is 1.36 bits per heavy atom. The molecule has 0 unspecified atom stereocenters. The van der Waals surface area contributed by atoms with Gasteiger partial charge in [0.25, 0.3) is 0 Å². The van der Waals surface area contributed by atoms with Gasteiger partial charge in [-0.1, -0.05) is 18.2 Å². The van der Waals surface area contributed by atoms with Crippen molar-refractivity contribution in [1.82, 2.24) is 0 Å². The number of hydrogen-bond acceptors (Lipinski definition) is 1. The quantitative estimate of drug-likeness (QED) is 0.643. The van der Waals surface area contributed by atoms with Crippen molar-refractivity contribution in [1.29, 1.82) is 0 Å². The number of rotatable bonds is 2. The summed E-state index contributed by atoms with van der Waals surface area (Å²) in [5, 5.41) is 9.18. The van der Waals surface area contributed by atoms with Gasteiger partial charge in [-0.15, -0.1) is 6.58 Å². The first-order chi connectivity index (χ1) is 5.24. The van der Waals surface area contributed by atoms with Crippen molar-refractivity contribution in [2.45, 2.75) is 6.10 Å². The SMILES string of the molecule is C=C[C@H](O)c1ccc(F)cc1. The Labute approximate surface area is 64.8 Å². The molecule has 0 aliphatic heterocycles. The minimum absolute atomic E-state index is 0.301. The Bertz CT molecular complexity index is 240. The number of hydrogen-bond donors (Lipinski definition) is 1. The van der Waals surface area contributed by atoms with Crippen molar-refractivity contribution in [3.8, 4) is 0 Å². The Kier molecular flexibility index (Phi) is 2.39. The van der Waals surface area contributed by atoms with E-state index in [2.05, 4.69) is 6.58 Å². The van der Waals surface area contributed by atoms with E-state index in [9.17, 15) is 9.50 Å². The van der Waals surface area contributed by atoms with Gasteiger partial charge in [0.15, 0.2) is 0 Å². The summed E-state index contributed by atoms with van der Waals surface area (Å²) < 4.78 is 12.3. The van der Waals surface area contributed by atoms with Crippen LogP contribution in [0.5, 0.6) is 0 Å². The van der Waals surface area contributed by atoms with Crippen molar-refractivity contribution in [3.63, 3.8) is 0 Å². The molecule has 0 saturated carbocycles. The molecule has 1 N–H and O–H groups in total. The second-order valence-electron chi connectivity index (χ2n) is 2.23. The van der Waals surface area contributed by atoms with Crippen LogP contribution in [-0.4, -0.2) is 5.11 Å². The van der Waals surface area contributed by atoms with Gasteiger partial charge >= 0.3 is 0 Å². The van der Waals surface area contributed by atoms with Crippen molar-refractivity contribution < 1.29 is 9.50 Å². The van der Waals surface area contributed by atoms with Crippen LogP contribution in [-0.2, 0) is 0 Å². The molecular weight excluding hydrogens is 143 g/mol. The monoisotopic (exact) mass is 152 g/mol. The maximum Gasteiger partial charge on any atom is 0.123 e. The van der Waals surface area contributed by atoms with Crippen molar-refractivity contribution in [3.05, 3.63) is 48.3 Å². The fraction of sp³-hybridized carbons (Fsp3) is 0.111. The fourth-order valence-electron chi connectivity index (χ4n) is 0.796. The van der Waals surface area contributed by atoms with Gasteiger partial charge < -0.3 is 5.11 Å². The minimum atomic E-state index is -0.699. The van der Waals surface area contributed by atoms with E-state index in [1.54, 1.807) is 0 Å². The molecule has 1 aromatic carbocycles. The average Bonchev–Trinajstić information content (AvgIpc) is 2.05. The predicted octanol–water partition coefficient (Wildman–Crippen LogP) is 2.05. The molecule has 1 rings (SSSR count). The molecule has 2 heteroatoms. The Balaban J connectivity index is 2.89. The van der Waals surface area contributed by atoms with Crippen molar-refractivity contribution >= 4 is 0 Å². The standard InChI is InChI=1S/C9H9FO/c1-2-9(11)7-3-5-8(10)6-4-7/h2-6,9,11H,1H2/t9-/m0/s1. The van der Waals surface area contributed by atoms with Crippen LogP contribution in [0, 0.1) is 5.82 Å². The van der Waals surface area contributed by atoms with Crippen LogP contribution >= 0.6 is 0 Å². The molecule has 0 aromatic heterocycles. The Morgan fingerprint density at radius 2 is 1.91 bits per heavy atom. The van der Waals surface area contributed by atoms with Gasteiger partial charge in [-0.3, -0.25) is 0 Å². The minimum Gasteiger partial charge on any atom is -0.384 e. The van der Waals surface area contributed by atoms with Crippen LogP contribution in [0.4, 0.5) is 4.39 Å². The highest BCUT2D eigenvalue weighted by Gasteiger charge is 2.00. The zero-order valence-electron chi connectivity index (χ0n) is 6.00. The second-order valence-corrected chi connectivity index (χ2v) is 2.23. The highest BCUT2D eigenvalue weighted by molar-refractivity contribution is 5.20. The zero-order valence-corrected chi connectivity index (χ0v) is 6.00. The van der Waals surface area contributed by atoms with Gasteiger partial charge in [0.1, 0.15) is 5.82 Å². The van der Waals surface area contributed by atoms with Gasteiger partial charge in [-0.05, 0) is 17.7 Å². The molecule has 0 aliphatic carbocycles. The molecule has 58 valence electrons. The fourth-order valence-corrected chi connectivity index (χ4v) is 0.796. The summed E-state index contributed by atoms with van der Waals surface area (Å²) in [5.74, 6) is -0.301. The summed E-state index contributed by atoms with van der Waals surface area (Å²) in [5.41, 5.74) is 0.654. The lowest BCUT2D eigenvalue weighted by Crippen LogP contribution is -1.91. The van der Waals surface area contributed by atoms with E-state index >= 15 is 0 Å². The highest BCUT2D eigenvalue weighted by Crippen LogP contribution is 2.13. The molecule has 0 heterocycles. The number of halogens is 1. The summed E-state index contributed by atoms with van der Waals surface area (Å²) >= 11 is 0. The van der Waals surface area contributed by atoms with Crippen molar-refractivity contribution in [2.24, 2.45) is 0 Å². The highest BCUT2D eigenvalue weighted by atomic mass is 19.1. The summed E-state index contributed by atoms with van der Waals surface area (Å²) in [6, 6.07) is 5.67. The number of aliphatic hydroxyl groups excluding tert-OH is 1. The summed E-state index contributed by atoms with van der Waals surface area (Å²) in [7, 11) is 0. The molecule has 0 saturated heterocycles. The van der Waals surface area contributed by atoms with E-state index in [1.807, 2.05) is 0 Å². The van der Waals surface area contributed by atoms with Gasteiger partial charge in [0.2, 0.25) is 0 Å². The third-order valence-electron chi connectivity index (χ3n) is 1.43. The molecule has 0 fully saturated rings. The largest absolute Gasteiger partial charge is 0.384 e. The molecule has 1 nitrogen and oxygen atoms in total. The first-order valence-corrected chi connectivity index (χ1v) is 3.30. The molecule has 0 spiro atoms. The van der Waals surface area contributed by atoms with E-state index < -0.39 is 6.10 Å². The lowest BCUT2D eigenvalue weighted by Gasteiger charge is -2.03. The smallest absolute Gasteiger partial charge is 0.123 e. The van der Waals surface area contributed by atoms with Crippen molar-refractivity contribution in [2.75, 3.05) is 0 Å². The Hall–Kier alpha value is -1.15. The maximum absolute atomic E-state index is 12.3. The lowest BCUT2D eigenvalue weighted by molar-refractivity contribution is 0.229. The first-order valence-electron chi connectivity index (χ1n) is 3.30. The van der Waals surface area contributed by atoms with Crippen LogP contribution in [0.25, 0.3) is 0 Å². The predicted molar refractivity (Wildman–Crippen MR) is 41.6 cm³/mol. The summed E-state index contributed by atoms with van der Waals surface area (Å²) in [6.07, 6.45) is 0.698. The Morgan fingerprint density at radius 3 is 2.36 bits per heavy atom. The molecule has 0 amide bonds. The third kappa shape index (κ3) is 1.88. The molecule has 0 aliphatic rings. The number of benzene rings is 1. The number of aliphatic hydroxyl groups is 1. The topological polar surface area (TPSA) is 20.2 Å². The summed E-state index contributed by atoms with van der Waals surface area (Å²) in [6.45, 7) is 3.42. The van der Waals surface area contributed by atoms with E-state index in [0.29, 0.717) is 5.56 Å². The van der Waals surface area contributed by atoms with Crippen LogP contribution < -0.4 is 0 Å². The molecule has 1 aromatic rings. The van der Waals surface area contributed by atoms with Crippen LogP contribution in [0.1, 0.15) is 11.7 Å². The van der Waals surface area contributed by atoms with Gasteiger partial charge in [0.05, 0.1) is 6.10 Å². The average molecular weight is 152 g/mol. The van der Waals surface area contributed by atoms with Gasteiger partial charge in [0, 0.05) is 0 Å². The van der Waals surface area contributed by atoms with E-state index in [0.717, 1.165) is 0 Å². The van der Waals surface area contributed by atoms with Gasteiger partial charge in [-0.25, -0.2) is 4.39 Å². The third-order valence-corrected chi connectivity index (χ3v) is 1.43. The van der Waals surface area contributed by atoms with E-state index in [4.69, 9.17) is 0 Å². The van der Waals surface area contributed by atoms with E-state index in [-0.39, 0.29) is 5.82 Å². The lowest BCUT2D eigenvalue weighted by atomic mass is 10.1. The van der Waals surface area contributed by atoms with Crippen LogP contribution in [0.3, 0.4) is 0 Å². The molecular formula is C9H9FO. The van der Waals surface area contributed by atoms with Gasteiger partial charge in [-0.2, -0.15) is 0 Å². The maximum atomic E-state index is 12.3. The summed E-state index contributed by atoms with van der Waals surface area (Å²) in [4.78, 5) is 0. The molecule has 1 atom stereocenters. The van der Waals surface area contributed by atoms with E-state index in [1.165, 1.54) is 30.3 Å². The molecule has 0 radical (unpaired) electrons. The second kappa shape index (κ2) is 3.30. The normalized spacial score (nSPS) is 12.5. The molecule has 11 heavy (non-hydrogen) atoms. The molecule has 0 bridgehead atoms. The zero-order chi connectivity index (χ0) is 8.27. The first kappa shape index (κ1) is 7.95.